The van der Waals surface area contributed by atoms with Crippen molar-refractivity contribution in [3.8, 4) is 5.75 Å². The molecule has 8 nitrogen and oxygen atoms in total. The van der Waals surface area contributed by atoms with E-state index in [0.29, 0.717) is 29.5 Å². The molecule has 3 aromatic carbocycles. The second kappa shape index (κ2) is 15.3. The predicted molar refractivity (Wildman–Crippen MR) is 170 cm³/mol. The summed E-state index contributed by atoms with van der Waals surface area (Å²) in [5, 5.41) is 3.31. The lowest BCUT2D eigenvalue weighted by atomic mass is 10.1. The smallest absolute Gasteiger partial charge is 0.264 e. The van der Waals surface area contributed by atoms with Gasteiger partial charge >= 0.3 is 0 Å². The zero-order chi connectivity index (χ0) is 30.9. The van der Waals surface area contributed by atoms with Crippen LogP contribution in [0.15, 0.2) is 82.6 Å². The summed E-state index contributed by atoms with van der Waals surface area (Å²) in [5.74, 6) is -0.391. The van der Waals surface area contributed by atoms with Crippen LogP contribution in [0.3, 0.4) is 0 Å². The van der Waals surface area contributed by atoms with Gasteiger partial charge in [0.1, 0.15) is 18.3 Å². The first-order valence-electron chi connectivity index (χ1n) is 13.7. The minimum Gasteiger partial charge on any atom is -0.492 e. The molecule has 0 aromatic heterocycles. The molecular weight excluding hydrogens is 594 g/mol. The number of nitrogens with one attached hydrogen (secondary N) is 1. The van der Waals surface area contributed by atoms with Gasteiger partial charge in [-0.2, -0.15) is 0 Å². The van der Waals surface area contributed by atoms with E-state index in [1.54, 1.807) is 74.5 Å². The van der Waals surface area contributed by atoms with E-state index < -0.39 is 28.5 Å². The molecule has 0 saturated carbocycles. The quantitative estimate of drug-likeness (QED) is 0.225. The summed E-state index contributed by atoms with van der Waals surface area (Å²) in [6.45, 7) is 7.55. The molecule has 0 fully saturated rings. The van der Waals surface area contributed by atoms with Crippen LogP contribution in [0.4, 0.5) is 5.69 Å². The van der Waals surface area contributed by atoms with E-state index in [0.717, 1.165) is 9.20 Å². The van der Waals surface area contributed by atoms with Gasteiger partial charge in [0.15, 0.2) is 0 Å². The summed E-state index contributed by atoms with van der Waals surface area (Å²) in [7, 11) is -4.23. The van der Waals surface area contributed by atoms with Crippen LogP contribution in [0.5, 0.6) is 5.75 Å². The molecule has 0 aliphatic carbocycles. The van der Waals surface area contributed by atoms with Crippen molar-refractivity contribution in [2.75, 3.05) is 30.3 Å². The van der Waals surface area contributed by atoms with Crippen LogP contribution >= 0.6 is 23.4 Å². The topological polar surface area (TPSA) is 96.0 Å². The second-order valence-corrected chi connectivity index (χ2v) is 13.2. The monoisotopic (exact) mass is 631 g/mol. The van der Waals surface area contributed by atoms with Gasteiger partial charge in [-0.05, 0) is 74.0 Å². The van der Waals surface area contributed by atoms with Crippen LogP contribution in [0.1, 0.15) is 33.3 Å². The molecule has 1 N–H and O–H groups in total. The van der Waals surface area contributed by atoms with Gasteiger partial charge in [0, 0.05) is 23.0 Å². The Kier molecular flexibility index (Phi) is 12.1. The lowest BCUT2D eigenvalue weighted by Crippen LogP contribution is -2.51. The fourth-order valence-electron chi connectivity index (χ4n) is 4.17. The number of ether oxygens (including phenoxy) is 1. The Morgan fingerprint density at radius 1 is 0.976 bits per heavy atom. The van der Waals surface area contributed by atoms with Crippen LogP contribution < -0.4 is 14.4 Å². The number of amides is 2. The van der Waals surface area contributed by atoms with Gasteiger partial charge in [0.2, 0.25) is 11.8 Å². The maximum absolute atomic E-state index is 14.1. The highest BCUT2D eigenvalue weighted by Crippen LogP contribution is 2.33. The van der Waals surface area contributed by atoms with E-state index in [4.69, 9.17) is 16.3 Å². The van der Waals surface area contributed by atoms with Crippen molar-refractivity contribution >= 4 is 50.9 Å². The minimum absolute atomic E-state index is 0.0121. The number of anilines is 1. The molecule has 42 heavy (non-hydrogen) atoms. The average molecular weight is 632 g/mol. The number of carbonyl (C=O) groups is 2. The van der Waals surface area contributed by atoms with E-state index in [9.17, 15) is 18.0 Å². The minimum atomic E-state index is -4.23. The van der Waals surface area contributed by atoms with Crippen molar-refractivity contribution in [1.29, 1.82) is 0 Å². The Morgan fingerprint density at radius 2 is 1.62 bits per heavy atom. The number of para-hydroxylation sites is 2. The van der Waals surface area contributed by atoms with Gasteiger partial charge in [0.25, 0.3) is 10.0 Å². The largest absolute Gasteiger partial charge is 0.492 e. The molecule has 0 aliphatic rings. The molecule has 11 heteroatoms. The highest BCUT2D eigenvalue weighted by molar-refractivity contribution is 7.98. The number of nitrogens with zero attached hydrogens (tertiary/aromatic N) is 2. The summed E-state index contributed by atoms with van der Waals surface area (Å²) in [6.07, 6.45) is 1.90. The molecule has 2 amide bonds. The Balaban J connectivity index is 2.08. The van der Waals surface area contributed by atoms with Crippen LogP contribution in [-0.2, 0) is 26.2 Å². The predicted octanol–water partition coefficient (Wildman–Crippen LogP) is 5.85. The van der Waals surface area contributed by atoms with E-state index in [2.05, 4.69) is 5.32 Å². The van der Waals surface area contributed by atoms with Crippen LogP contribution in [0, 0.1) is 5.92 Å². The van der Waals surface area contributed by atoms with Crippen molar-refractivity contribution < 1.29 is 22.7 Å². The third kappa shape index (κ3) is 8.42. The summed E-state index contributed by atoms with van der Waals surface area (Å²) in [6, 6.07) is 19.3. The van der Waals surface area contributed by atoms with Gasteiger partial charge in [-0.15, -0.1) is 11.8 Å². The lowest BCUT2D eigenvalue weighted by Gasteiger charge is -2.32. The third-order valence-electron chi connectivity index (χ3n) is 6.51. The first-order valence-corrected chi connectivity index (χ1v) is 16.7. The fourth-order valence-corrected chi connectivity index (χ4v) is 6.20. The first-order chi connectivity index (χ1) is 20.0. The van der Waals surface area contributed by atoms with E-state index >= 15 is 0 Å². The molecule has 0 saturated heterocycles. The molecule has 0 aliphatic heterocycles. The number of sulfonamides is 1. The van der Waals surface area contributed by atoms with Gasteiger partial charge in [-0.25, -0.2) is 8.42 Å². The SMILES string of the molecule is CCOc1ccccc1N(CC(=O)N(Cc1ccccc1Cl)[C@@H](C)C(=O)NCC(C)C)S(=O)(=O)c1ccc(SC)cc1. The van der Waals surface area contributed by atoms with Crippen LogP contribution in [0.25, 0.3) is 0 Å². The standard InChI is InChI=1S/C31H38ClN3O5S2/c1-6-40-29-14-10-9-13-28(29)35(42(38,39)26-17-15-25(41-5)16-18-26)21-30(36)34(20-24-11-7-8-12-27(24)32)23(4)31(37)33-19-22(2)3/h7-18,22-23H,6,19-21H2,1-5H3,(H,33,37)/t23-/m0/s1. The number of halogens is 1. The number of hydrogen-bond acceptors (Lipinski definition) is 6. The lowest BCUT2D eigenvalue weighted by molar-refractivity contribution is -0.139. The van der Waals surface area contributed by atoms with Gasteiger partial charge < -0.3 is 15.0 Å². The second-order valence-electron chi connectivity index (χ2n) is 10.0. The number of thioether (sulfide) groups is 1. The molecule has 1 atom stereocenters. The molecule has 3 rings (SSSR count). The van der Waals surface area contributed by atoms with Crippen LogP contribution in [-0.4, -0.2) is 57.1 Å². The van der Waals surface area contributed by atoms with E-state index in [1.165, 1.54) is 28.8 Å². The molecule has 3 aromatic rings. The Bertz CT molecular complexity index is 1470. The van der Waals surface area contributed by atoms with Crippen molar-refractivity contribution in [1.82, 2.24) is 10.2 Å². The third-order valence-corrected chi connectivity index (χ3v) is 9.40. The molecule has 0 bridgehead atoms. The average Bonchev–Trinajstić information content (AvgIpc) is 2.98. The number of hydrogen-bond donors (Lipinski definition) is 1. The number of carbonyl (C=O) groups excluding carboxylic acids is 2. The summed E-state index contributed by atoms with van der Waals surface area (Å²) >= 11 is 7.92. The van der Waals surface area contributed by atoms with Crippen molar-refractivity contribution in [2.45, 2.75) is 50.1 Å². The molecular formula is C31H38ClN3O5S2. The molecule has 0 spiro atoms. The Labute approximate surface area is 258 Å². The van der Waals surface area contributed by atoms with Gasteiger partial charge in [-0.3, -0.25) is 13.9 Å². The zero-order valence-corrected chi connectivity index (χ0v) is 26.9. The molecule has 0 radical (unpaired) electrons. The number of rotatable bonds is 14. The van der Waals surface area contributed by atoms with Crippen LogP contribution in [0.2, 0.25) is 5.02 Å². The first kappa shape index (κ1) is 33.3. The molecule has 0 heterocycles. The van der Waals surface area contributed by atoms with Gasteiger partial charge in [-0.1, -0.05) is 55.8 Å². The van der Waals surface area contributed by atoms with E-state index in [-0.39, 0.29) is 29.0 Å². The van der Waals surface area contributed by atoms with E-state index in [1.807, 2.05) is 20.1 Å². The summed E-state index contributed by atoms with van der Waals surface area (Å²) < 4.78 is 35.1. The highest BCUT2D eigenvalue weighted by atomic mass is 35.5. The molecule has 0 unspecified atom stereocenters. The number of benzene rings is 3. The van der Waals surface area contributed by atoms with Gasteiger partial charge in [0.05, 0.1) is 17.2 Å². The summed E-state index contributed by atoms with van der Waals surface area (Å²) in [4.78, 5) is 29.6. The Hall–Kier alpha value is -3.21. The summed E-state index contributed by atoms with van der Waals surface area (Å²) in [5.41, 5.74) is 0.851. The van der Waals surface area contributed by atoms with Crippen molar-refractivity contribution in [3.05, 3.63) is 83.4 Å². The molecule has 226 valence electrons. The fraction of sp³-hybridized carbons (Fsp3) is 0.355. The van der Waals surface area contributed by atoms with Crippen molar-refractivity contribution in [2.24, 2.45) is 5.92 Å². The van der Waals surface area contributed by atoms with Crippen molar-refractivity contribution in [3.63, 3.8) is 0 Å². The normalized spacial score (nSPS) is 12.1. The maximum Gasteiger partial charge on any atom is 0.264 e. The Morgan fingerprint density at radius 3 is 2.24 bits per heavy atom. The highest BCUT2D eigenvalue weighted by Gasteiger charge is 2.34. The zero-order valence-electron chi connectivity index (χ0n) is 24.5. The maximum atomic E-state index is 14.1.